The van der Waals surface area contributed by atoms with Gasteiger partial charge in [-0.2, -0.15) is 13.2 Å². The maximum atomic E-state index is 12.2. The molecular weight excluding hydrogens is 435 g/mol. The van der Waals surface area contributed by atoms with Crippen LogP contribution in [0.3, 0.4) is 0 Å². The Morgan fingerprint density at radius 3 is 2.46 bits per heavy atom. The number of carbonyl (C=O) groups excluding carboxylic acids is 2. The van der Waals surface area contributed by atoms with Crippen molar-refractivity contribution in [1.29, 1.82) is 0 Å². The second-order valence-electron chi connectivity index (χ2n) is 4.99. The van der Waals surface area contributed by atoms with Gasteiger partial charge in [-0.25, -0.2) is 4.98 Å². The molecule has 0 aliphatic rings. The van der Waals surface area contributed by atoms with E-state index in [1.54, 1.807) is 11.4 Å². The SMILES string of the molecule is O=C(CNC(=O)c1cccnc1Sc1ccc(Br)cc1)NCC(F)(F)F. The fourth-order valence-electron chi connectivity index (χ4n) is 1.78. The average molecular weight is 448 g/mol. The first kappa shape index (κ1) is 20.2. The summed E-state index contributed by atoms with van der Waals surface area (Å²) in [5, 5.41) is 4.40. The van der Waals surface area contributed by atoms with E-state index < -0.39 is 31.1 Å². The summed E-state index contributed by atoms with van der Waals surface area (Å²) in [6, 6.07) is 10.5. The van der Waals surface area contributed by atoms with Crippen LogP contribution in [-0.2, 0) is 4.79 Å². The molecule has 2 N–H and O–H groups in total. The second-order valence-corrected chi connectivity index (χ2v) is 6.96. The van der Waals surface area contributed by atoms with Gasteiger partial charge in [0.25, 0.3) is 5.91 Å². The molecule has 2 rings (SSSR count). The average Bonchev–Trinajstić information content (AvgIpc) is 2.59. The van der Waals surface area contributed by atoms with Crippen molar-refractivity contribution in [3.8, 4) is 0 Å². The third-order valence-corrected chi connectivity index (χ3v) is 4.49. The third-order valence-electron chi connectivity index (χ3n) is 2.94. The van der Waals surface area contributed by atoms with Crippen molar-refractivity contribution in [1.82, 2.24) is 15.6 Å². The zero-order valence-electron chi connectivity index (χ0n) is 13.1. The standard InChI is InChI=1S/C16H13BrF3N3O2S/c17-10-3-5-11(6-4-10)26-15-12(2-1-7-21-15)14(25)22-8-13(24)23-9-16(18,19)20/h1-7H,8-9H2,(H,22,25)(H,23,24). The van der Waals surface area contributed by atoms with Gasteiger partial charge in [0.15, 0.2) is 0 Å². The lowest BCUT2D eigenvalue weighted by Gasteiger charge is -2.10. The van der Waals surface area contributed by atoms with Crippen molar-refractivity contribution in [3.05, 3.63) is 52.6 Å². The molecule has 0 aliphatic heterocycles. The highest BCUT2D eigenvalue weighted by molar-refractivity contribution is 9.10. The molecule has 1 heterocycles. The summed E-state index contributed by atoms with van der Waals surface area (Å²) in [5.74, 6) is -1.53. The van der Waals surface area contributed by atoms with Crippen molar-refractivity contribution in [3.63, 3.8) is 0 Å². The van der Waals surface area contributed by atoms with Gasteiger partial charge in [0.2, 0.25) is 5.91 Å². The van der Waals surface area contributed by atoms with E-state index in [4.69, 9.17) is 0 Å². The number of aromatic nitrogens is 1. The number of alkyl halides is 3. The molecule has 0 saturated heterocycles. The van der Waals surface area contributed by atoms with Gasteiger partial charge in [0, 0.05) is 15.6 Å². The first-order chi connectivity index (χ1) is 12.2. The maximum Gasteiger partial charge on any atom is 0.405 e. The van der Waals surface area contributed by atoms with Crippen LogP contribution in [0, 0.1) is 0 Å². The van der Waals surface area contributed by atoms with E-state index in [-0.39, 0.29) is 5.56 Å². The monoisotopic (exact) mass is 447 g/mol. The molecule has 0 atom stereocenters. The highest BCUT2D eigenvalue weighted by Gasteiger charge is 2.27. The predicted octanol–water partition coefficient (Wildman–Crippen LogP) is 3.40. The summed E-state index contributed by atoms with van der Waals surface area (Å²) >= 11 is 4.59. The number of nitrogens with zero attached hydrogens (tertiary/aromatic N) is 1. The molecule has 0 bridgehead atoms. The lowest BCUT2D eigenvalue weighted by molar-refractivity contribution is -0.137. The molecule has 2 amide bonds. The number of hydrogen-bond acceptors (Lipinski definition) is 4. The van der Waals surface area contributed by atoms with Crippen molar-refractivity contribution >= 4 is 39.5 Å². The van der Waals surface area contributed by atoms with Gasteiger partial charge in [0.1, 0.15) is 11.6 Å². The summed E-state index contributed by atoms with van der Waals surface area (Å²) in [6.45, 7) is -2.01. The van der Waals surface area contributed by atoms with E-state index in [0.29, 0.717) is 5.03 Å². The van der Waals surface area contributed by atoms with E-state index in [1.165, 1.54) is 24.0 Å². The van der Waals surface area contributed by atoms with E-state index in [9.17, 15) is 22.8 Å². The molecule has 0 spiro atoms. The molecular formula is C16H13BrF3N3O2S. The van der Waals surface area contributed by atoms with Gasteiger partial charge in [0.05, 0.1) is 12.1 Å². The van der Waals surface area contributed by atoms with Crippen LogP contribution in [0.1, 0.15) is 10.4 Å². The molecule has 0 fully saturated rings. The van der Waals surface area contributed by atoms with Gasteiger partial charge < -0.3 is 10.6 Å². The molecule has 0 aliphatic carbocycles. The molecule has 10 heteroatoms. The first-order valence-electron chi connectivity index (χ1n) is 7.25. The number of amides is 2. The van der Waals surface area contributed by atoms with E-state index in [2.05, 4.69) is 26.2 Å². The van der Waals surface area contributed by atoms with Gasteiger partial charge in [-0.1, -0.05) is 27.7 Å². The summed E-state index contributed by atoms with van der Waals surface area (Å²) in [7, 11) is 0. The van der Waals surface area contributed by atoms with Crippen molar-refractivity contribution in [2.45, 2.75) is 16.1 Å². The molecule has 0 radical (unpaired) electrons. The van der Waals surface area contributed by atoms with Crippen LogP contribution in [-0.4, -0.2) is 36.1 Å². The summed E-state index contributed by atoms with van der Waals surface area (Å²) in [5.41, 5.74) is 0.226. The Labute approximate surface area is 159 Å². The van der Waals surface area contributed by atoms with E-state index in [0.717, 1.165) is 9.37 Å². The zero-order valence-corrected chi connectivity index (χ0v) is 15.5. The Bertz CT molecular complexity index is 785. The van der Waals surface area contributed by atoms with Gasteiger partial charge >= 0.3 is 6.18 Å². The molecule has 2 aromatic rings. The quantitative estimate of drug-likeness (QED) is 0.711. The smallest absolute Gasteiger partial charge is 0.345 e. The van der Waals surface area contributed by atoms with E-state index in [1.807, 2.05) is 24.3 Å². The molecule has 26 heavy (non-hydrogen) atoms. The minimum absolute atomic E-state index is 0.226. The topological polar surface area (TPSA) is 71.1 Å². The Kier molecular flexibility index (Phi) is 7.04. The summed E-state index contributed by atoms with van der Waals surface area (Å²) in [6.07, 6.45) is -2.98. The number of halogens is 4. The number of rotatable bonds is 6. The van der Waals surface area contributed by atoms with Crippen LogP contribution in [0.15, 0.2) is 57.0 Å². The third kappa shape index (κ3) is 6.68. The highest BCUT2D eigenvalue weighted by atomic mass is 79.9. The number of benzene rings is 1. The predicted molar refractivity (Wildman–Crippen MR) is 93.9 cm³/mol. The van der Waals surface area contributed by atoms with Crippen LogP contribution >= 0.6 is 27.7 Å². The van der Waals surface area contributed by atoms with Gasteiger partial charge in [-0.05, 0) is 36.4 Å². The Morgan fingerprint density at radius 2 is 1.81 bits per heavy atom. The Balaban J connectivity index is 1.98. The lowest BCUT2D eigenvalue weighted by atomic mass is 10.2. The number of pyridine rings is 1. The van der Waals surface area contributed by atoms with Crippen LogP contribution in [0.2, 0.25) is 0 Å². The lowest BCUT2D eigenvalue weighted by Crippen LogP contribution is -2.41. The van der Waals surface area contributed by atoms with Crippen LogP contribution < -0.4 is 10.6 Å². The molecule has 1 aromatic carbocycles. The number of hydrogen-bond donors (Lipinski definition) is 2. The number of nitrogens with one attached hydrogen (secondary N) is 2. The van der Waals surface area contributed by atoms with Gasteiger partial charge in [-0.15, -0.1) is 0 Å². The number of carbonyl (C=O) groups is 2. The molecule has 5 nitrogen and oxygen atoms in total. The highest BCUT2D eigenvalue weighted by Crippen LogP contribution is 2.29. The van der Waals surface area contributed by atoms with Crippen LogP contribution in [0.4, 0.5) is 13.2 Å². The molecule has 0 unspecified atom stereocenters. The van der Waals surface area contributed by atoms with Crippen LogP contribution in [0.5, 0.6) is 0 Å². The van der Waals surface area contributed by atoms with Crippen molar-refractivity contribution < 1.29 is 22.8 Å². The molecule has 138 valence electrons. The first-order valence-corrected chi connectivity index (χ1v) is 8.85. The molecule has 1 aromatic heterocycles. The molecule has 0 saturated carbocycles. The fourth-order valence-corrected chi connectivity index (χ4v) is 2.92. The van der Waals surface area contributed by atoms with Gasteiger partial charge in [-0.3, -0.25) is 9.59 Å². The van der Waals surface area contributed by atoms with E-state index >= 15 is 0 Å². The van der Waals surface area contributed by atoms with Crippen molar-refractivity contribution in [2.24, 2.45) is 0 Å². The second kappa shape index (κ2) is 9.04. The maximum absolute atomic E-state index is 12.2. The summed E-state index contributed by atoms with van der Waals surface area (Å²) in [4.78, 5) is 28.6. The van der Waals surface area contributed by atoms with Crippen molar-refractivity contribution in [2.75, 3.05) is 13.1 Å². The minimum atomic E-state index is -4.50. The van der Waals surface area contributed by atoms with Crippen LogP contribution in [0.25, 0.3) is 0 Å². The summed E-state index contributed by atoms with van der Waals surface area (Å²) < 4.78 is 37.1. The zero-order chi connectivity index (χ0) is 19.2. The fraction of sp³-hybridized carbons (Fsp3) is 0.188. The Morgan fingerprint density at radius 1 is 1.12 bits per heavy atom. The largest absolute Gasteiger partial charge is 0.405 e. The minimum Gasteiger partial charge on any atom is -0.345 e. The normalized spacial score (nSPS) is 11.1. The Hall–Kier alpha value is -2.07.